The first-order valence-electron chi connectivity index (χ1n) is 15.5. The SMILES string of the molecule is O=C(CN1C(C(=O)c2ccccc2C(F)(F)F)CNC(Cc2c[nH]c3ccccc23)C1C(=O)c1ccccc1C(F)(F)F)c1ccc(F)cc1. The first-order chi connectivity index (χ1) is 23.7. The largest absolute Gasteiger partial charge is 0.417 e. The molecular weight excluding hydrogens is 667 g/mol. The Labute approximate surface area is 280 Å². The van der Waals surface area contributed by atoms with Crippen LogP contribution in [0.15, 0.2) is 103 Å². The minimum absolute atomic E-state index is 0.0237. The predicted molar refractivity (Wildman–Crippen MR) is 170 cm³/mol. The van der Waals surface area contributed by atoms with E-state index in [0.717, 1.165) is 76.5 Å². The molecule has 1 aromatic heterocycles. The highest BCUT2D eigenvalue weighted by Crippen LogP contribution is 2.36. The fourth-order valence-corrected chi connectivity index (χ4v) is 6.55. The molecule has 2 N–H and O–H groups in total. The maximum Gasteiger partial charge on any atom is 0.417 e. The van der Waals surface area contributed by atoms with Crippen LogP contribution in [0.5, 0.6) is 0 Å². The van der Waals surface area contributed by atoms with E-state index in [9.17, 15) is 45.1 Å². The van der Waals surface area contributed by atoms with Crippen LogP contribution in [-0.2, 0) is 18.8 Å². The molecule has 0 spiro atoms. The second-order valence-corrected chi connectivity index (χ2v) is 12.0. The molecule has 50 heavy (non-hydrogen) atoms. The zero-order valence-corrected chi connectivity index (χ0v) is 26.0. The molecule has 13 heteroatoms. The average Bonchev–Trinajstić information content (AvgIpc) is 3.50. The number of nitrogens with zero attached hydrogens (tertiary/aromatic N) is 1. The summed E-state index contributed by atoms with van der Waals surface area (Å²) in [6.07, 6.45) is -8.21. The van der Waals surface area contributed by atoms with E-state index in [1.165, 1.54) is 12.1 Å². The third kappa shape index (κ3) is 6.96. The summed E-state index contributed by atoms with van der Waals surface area (Å²) in [5, 5.41) is 3.82. The Morgan fingerprint density at radius 1 is 0.720 bits per heavy atom. The maximum absolute atomic E-state index is 14.5. The number of carbonyl (C=O) groups is 3. The normalized spacial score (nSPS) is 18.7. The lowest BCUT2D eigenvalue weighted by molar-refractivity contribution is -0.138. The Morgan fingerprint density at radius 3 is 1.90 bits per heavy atom. The zero-order valence-electron chi connectivity index (χ0n) is 26.0. The number of Topliss-reactive ketones (excluding diaryl/α,β-unsaturated/α-hetero) is 3. The molecule has 3 atom stereocenters. The van der Waals surface area contributed by atoms with Gasteiger partial charge in [0.2, 0.25) is 0 Å². The highest BCUT2D eigenvalue weighted by atomic mass is 19.4. The van der Waals surface area contributed by atoms with Gasteiger partial charge < -0.3 is 10.3 Å². The predicted octanol–water partition coefficient (Wildman–Crippen LogP) is 7.55. The zero-order chi connectivity index (χ0) is 35.8. The van der Waals surface area contributed by atoms with Crippen LogP contribution in [0.25, 0.3) is 10.9 Å². The quantitative estimate of drug-likeness (QED) is 0.123. The maximum atomic E-state index is 14.5. The van der Waals surface area contributed by atoms with Crippen LogP contribution >= 0.6 is 0 Å². The monoisotopic (exact) mass is 695 g/mol. The standard InChI is InChI=1S/C37H28F7N3O3/c38-23-15-13-21(14-16-23)32(48)20-47-31(34(49)25-8-1-4-10-27(25)36(39,40)41)19-46-30(17-22-18-45-29-12-6-3-7-24(22)29)33(47)35(50)26-9-2-5-11-28(26)37(42,43)44/h1-16,18,30-31,33,45-46H,17,19-20H2. The van der Waals surface area contributed by atoms with Gasteiger partial charge in [-0.1, -0.05) is 54.6 Å². The van der Waals surface area contributed by atoms with Gasteiger partial charge in [-0.3, -0.25) is 19.3 Å². The van der Waals surface area contributed by atoms with Crippen LogP contribution in [0.3, 0.4) is 0 Å². The number of nitrogens with one attached hydrogen (secondary N) is 2. The van der Waals surface area contributed by atoms with E-state index < -0.39 is 82.4 Å². The number of H-pyrrole nitrogens is 1. The molecule has 1 aliphatic rings. The van der Waals surface area contributed by atoms with Crippen LogP contribution < -0.4 is 5.32 Å². The Balaban J connectivity index is 1.51. The van der Waals surface area contributed by atoms with Gasteiger partial charge in [0, 0.05) is 46.4 Å². The molecule has 5 aromatic rings. The number of alkyl halides is 6. The smallest absolute Gasteiger partial charge is 0.361 e. The van der Waals surface area contributed by atoms with Gasteiger partial charge in [0.15, 0.2) is 17.3 Å². The molecule has 6 nitrogen and oxygen atoms in total. The molecule has 0 amide bonds. The van der Waals surface area contributed by atoms with Crippen molar-refractivity contribution in [1.82, 2.24) is 15.2 Å². The number of halogens is 7. The Bertz CT molecular complexity index is 2050. The first kappa shape index (κ1) is 34.7. The van der Waals surface area contributed by atoms with E-state index in [1.807, 2.05) is 0 Å². The van der Waals surface area contributed by atoms with Gasteiger partial charge in [-0.15, -0.1) is 0 Å². The fraction of sp³-hybridized carbons (Fsp3) is 0.216. The van der Waals surface area contributed by atoms with E-state index in [1.54, 1.807) is 30.5 Å². The number of rotatable bonds is 9. The van der Waals surface area contributed by atoms with Crippen LogP contribution in [0, 0.1) is 5.82 Å². The van der Waals surface area contributed by atoms with Crippen molar-refractivity contribution < 1.29 is 45.1 Å². The lowest BCUT2D eigenvalue weighted by atomic mass is 9.84. The second kappa shape index (κ2) is 13.6. The molecule has 2 heterocycles. The van der Waals surface area contributed by atoms with Crippen LogP contribution in [0.2, 0.25) is 0 Å². The third-order valence-corrected chi connectivity index (χ3v) is 8.89. The molecule has 4 aromatic carbocycles. The number of piperazine rings is 1. The number of ketones is 3. The molecule has 0 aliphatic carbocycles. The van der Waals surface area contributed by atoms with Crippen molar-refractivity contribution in [3.05, 3.63) is 142 Å². The van der Waals surface area contributed by atoms with E-state index in [0.29, 0.717) is 5.56 Å². The van der Waals surface area contributed by atoms with Crippen molar-refractivity contribution in [2.24, 2.45) is 0 Å². The molecule has 0 bridgehead atoms. The van der Waals surface area contributed by atoms with Crippen molar-refractivity contribution >= 4 is 28.3 Å². The van der Waals surface area contributed by atoms with Crippen LogP contribution in [0.4, 0.5) is 30.7 Å². The molecule has 1 aliphatic heterocycles. The van der Waals surface area contributed by atoms with Crippen molar-refractivity contribution in [2.75, 3.05) is 13.1 Å². The van der Waals surface area contributed by atoms with E-state index in [-0.39, 0.29) is 18.5 Å². The summed E-state index contributed by atoms with van der Waals surface area (Å²) in [7, 11) is 0. The molecule has 258 valence electrons. The summed E-state index contributed by atoms with van der Waals surface area (Å²) >= 11 is 0. The number of hydrogen-bond donors (Lipinski definition) is 2. The van der Waals surface area contributed by atoms with E-state index in [2.05, 4.69) is 10.3 Å². The topological polar surface area (TPSA) is 82.3 Å². The van der Waals surface area contributed by atoms with Gasteiger partial charge in [0.1, 0.15) is 5.82 Å². The Morgan fingerprint density at radius 2 is 1.28 bits per heavy atom. The second-order valence-electron chi connectivity index (χ2n) is 12.0. The van der Waals surface area contributed by atoms with Crippen LogP contribution in [-0.4, -0.2) is 58.4 Å². The highest BCUT2D eigenvalue weighted by molar-refractivity contribution is 6.06. The molecule has 0 radical (unpaired) electrons. The van der Waals surface area contributed by atoms with Gasteiger partial charge in [0.05, 0.1) is 29.8 Å². The molecule has 3 unspecified atom stereocenters. The first-order valence-corrected chi connectivity index (χ1v) is 15.5. The minimum atomic E-state index is -4.96. The summed E-state index contributed by atoms with van der Waals surface area (Å²) in [6, 6.07) is 15.3. The number of carbonyl (C=O) groups excluding carboxylic acids is 3. The van der Waals surface area contributed by atoms with Gasteiger partial charge in [-0.2, -0.15) is 26.3 Å². The summed E-state index contributed by atoms with van der Waals surface area (Å²) in [5.41, 5.74) is -2.61. The number of benzene rings is 4. The fourth-order valence-electron chi connectivity index (χ4n) is 6.55. The molecule has 0 saturated carbocycles. The molecule has 1 fully saturated rings. The van der Waals surface area contributed by atoms with E-state index >= 15 is 0 Å². The number of fused-ring (bicyclic) bond motifs is 1. The average molecular weight is 696 g/mol. The molecular formula is C37H28F7N3O3. The molecule has 6 rings (SSSR count). The van der Waals surface area contributed by atoms with E-state index in [4.69, 9.17) is 0 Å². The number of aromatic amines is 1. The van der Waals surface area contributed by atoms with Gasteiger partial charge in [0.25, 0.3) is 0 Å². The van der Waals surface area contributed by atoms with Crippen molar-refractivity contribution in [3.8, 4) is 0 Å². The number of para-hydroxylation sites is 1. The summed E-state index contributed by atoms with van der Waals surface area (Å²) in [5.74, 6) is -3.58. The summed E-state index contributed by atoms with van der Waals surface area (Å²) in [6.45, 7) is -1.10. The van der Waals surface area contributed by atoms with Crippen molar-refractivity contribution in [3.63, 3.8) is 0 Å². The van der Waals surface area contributed by atoms with Crippen molar-refractivity contribution in [2.45, 2.75) is 36.9 Å². The minimum Gasteiger partial charge on any atom is -0.361 e. The molecule has 1 saturated heterocycles. The van der Waals surface area contributed by atoms with Gasteiger partial charge >= 0.3 is 12.4 Å². The highest BCUT2D eigenvalue weighted by Gasteiger charge is 2.48. The Kier molecular flexibility index (Phi) is 9.47. The van der Waals surface area contributed by atoms with Crippen molar-refractivity contribution in [1.29, 1.82) is 0 Å². The van der Waals surface area contributed by atoms with Gasteiger partial charge in [-0.25, -0.2) is 4.39 Å². The number of hydrogen-bond acceptors (Lipinski definition) is 5. The third-order valence-electron chi connectivity index (χ3n) is 8.89. The summed E-state index contributed by atoms with van der Waals surface area (Å²) < 4.78 is 98.8. The number of aromatic nitrogens is 1. The van der Waals surface area contributed by atoms with Gasteiger partial charge in [-0.05, 0) is 54.4 Å². The van der Waals surface area contributed by atoms with Crippen LogP contribution in [0.1, 0.15) is 47.8 Å². The lowest BCUT2D eigenvalue weighted by Gasteiger charge is -2.45. The summed E-state index contributed by atoms with van der Waals surface area (Å²) in [4.78, 5) is 46.6. The lowest BCUT2D eigenvalue weighted by Crippen LogP contribution is -2.68. The Hall–Kier alpha value is -5.14.